The highest BCUT2D eigenvalue weighted by Gasteiger charge is 2.21. The zero-order chi connectivity index (χ0) is 13.0. The molecule has 5 N–H and O–H groups in total. The molecule has 1 aromatic rings. The predicted molar refractivity (Wildman–Crippen MR) is 70.4 cm³/mol. The van der Waals surface area contributed by atoms with Crippen molar-refractivity contribution in [3.63, 3.8) is 0 Å². The highest BCUT2D eigenvalue weighted by Crippen LogP contribution is 2.33. The summed E-state index contributed by atoms with van der Waals surface area (Å²) < 4.78 is 0. The van der Waals surface area contributed by atoms with Gasteiger partial charge in [-0.2, -0.15) is 0 Å². The fourth-order valence-corrected chi connectivity index (χ4v) is 2.02. The highest BCUT2D eigenvalue weighted by molar-refractivity contribution is 6.36. The largest absolute Gasteiger partial charge is 0.397 e. The summed E-state index contributed by atoms with van der Waals surface area (Å²) in [4.78, 5) is 0. The Balaban J connectivity index is 2.91. The van der Waals surface area contributed by atoms with Crippen LogP contribution in [0.3, 0.4) is 0 Å². The Morgan fingerprint density at radius 1 is 1.35 bits per heavy atom. The van der Waals surface area contributed by atoms with Crippen LogP contribution in [0.5, 0.6) is 0 Å². The first-order valence-corrected chi connectivity index (χ1v) is 5.98. The van der Waals surface area contributed by atoms with Crippen molar-refractivity contribution in [3.8, 4) is 0 Å². The smallest absolute Gasteiger partial charge is 0.107 e. The van der Waals surface area contributed by atoms with Crippen LogP contribution in [0.4, 0.5) is 5.69 Å². The van der Waals surface area contributed by atoms with Crippen LogP contribution in [0.15, 0.2) is 12.1 Å². The molecule has 0 amide bonds. The molecule has 0 aliphatic carbocycles. The summed E-state index contributed by atoms with van der Waals surface area (Å²) in [7, 11) is 1.77. The normalized spacial score (nSPS) is 14.6. The Bertz CT molecular complexity index is 388. The molecule has 0 aliphatic rings. The minimum absolute atomic E-state index is 0.243. The molecule has 96 valence electrons. The van der Waals surface area contributed by atoms with E-state index in [1.807, 2.05) is 0 Å². The van der Waals surface area contributed by atoms with Gasteiger partial charge in [-0.05, 0) is 32.1 Å². The molecule has 0 aromatic heterocycles. The van der Waals surface area contributed by atoms with Crippen LogP contribution in [-0.2, 0) is 0 Å². The molecule has 0 saturated heterocycles. The van der Waals surface area contributed by atoms with Gasteiger partial charge in [0.2, 0.25) is 0 Å². The van der Waals surface area contributed by atoms with Gasteiger partial charge in [-0.1, -0.05) is 23.2 Å². The van der Waals surface area contributed by atoms with E-state index >= 15 is 0 Å². The third-order valence-electron chi connectivity index (χ3n) is 2.50. The Morgan fingerprint density at radius 2 is 2.00 bits per heavy atom. The number of nitrogens with two attached hydrogens (primary N) is 1. The Morgan fingerprint density at radius 3 is 2.59 bits per heavy atom. The zero-order valence-electron chi connectivity index (χ0n) is 9.45. The van der Waals surface area contributed by atoms with E-state index in [0.717, 1.165) is 0 Å². The van der Waals surface area contributed by atoms with E-state index in [-0.39, 0.29) is 10.7 Å². The van der Waals surface area contributed by atoms with Gasteiger partial charge in [0.1, 0.15) is 6.10 Å². The molecular weight excluding hydrogens is 263 g/mol. The van der Waals surface area contributed by atoms with Gasteiger partial charge in [-0.15, -0.1) is 0 Å². The lowest BCUT2D eigenvalue weighted by Gasteiger charge is -2.20. The summed E-state index contributed by atoms with van der Waals surface area (Å²) in [6.07, 6.45) is -1.61. The van der Waals surface area contributed by atoms with Crippen LogP contribution in [0, 0.1) is 0 Å². The summed E-state index contributed by atoms with van der Waals surface area (Å²) in [5.74, 6) is 0. The van der Waals surface area contributed by atoms with Crippen molar-refractivity contribution < 1.29 is 10.2 Å². The number of halogens is 2. The molecule has 2 atom stereocenters. The first kappa shape index (κ1) is 14.5. The topological polar surface area (TPSA) is 78.5 Å². The third kappa shape index (κ3) is 3.72. The number of hydrogen-bond donors (Lipinski definition) is 4. The van der Waals surface area contributed by atoms with Crippen molar-refractivity contribution in [1.82, 2.24) is 5.32 Å². The molecule has 1 rings (SSSR count). The standard InChI is InChI=1S/C11H16Cl2N2O2/c1-15-3-2-9(16)11(17)7-4-6(12)5-8(13)10(7)14/h4-5,9,11,15-17H,2-3,14H2,1H3. The van der Waals surface area contributed by atoms with Gasteiger partial charge in [0.05, 0.1) is 16.8 Å². The van der Waals surface area contributed by atoms with Crippen LogP contribution < -0.4 is 11.1 Å². The minimum atomic E-state index is -1.10. The first-order valence-electron chi connectivity index (χ1n) is 5.22. The van der Waals surface area contributed by atoms with Crippen molar-refractivity contribution in [2.45, 2.75) is 18.6 Å². The molecule has 0 bridgehead atoms. The zero-order valence-corrected chi connectivity index (χ0v) is 11.0. The van der Waals surface area contributed by atoms with Crippen molar-refractivity contribution in [2.75, 3.05) is 19.3 Å². The van der Waals surface area contributed by atoms with Gasteiger partial charge in [0, 0.05) is 10.6 Å². The SMILES string of the molecule is CNCCC(O)C(O)c1cc(Cl)cc(Cl)c1N. The second kappa shape index (κ2) is 6.42. The van der Waals surface area contributed by atoms with Gasteiger partial charge >= 0.3 is 0 Å². The number of nitrogens with one attached hydrogen (secondary N) is 1. The summed E-state index contributed by atoms with van der Waals surface area (Å²) >= 11 is 11.7. The van der Waals surface area contributed by atoms with Crippen LogP contribution in [-0.4, -0.2) is 29.9 Å². The number of benzene rings is 1. The minimum Gasteiger partial charge on any atom is -0.397 e. The molecule has 1 aromatic carbocycles. The fraction of sp³-hybridized carbons (Fsp3) is 0.455. The van der Waals surface area contributed by atoms with Gasteiger partial charge in [0.25, 0.3) is 0 Å². The number of aliphatic hydroxyl groups excluding tert-OH is 2. The Hall–Kier alpha value is -0.520. The maximum atomic E-state index is 9.97. The molecule has 0 radical (unpaired) electrons. The van der Waals surface area contributed by atoms with E-state index in [2.05, 4.69) is 5.32 Å². The van der Waals surface area contributed by atoms with Gasteiger partial charge in [-0.25, -0.2) is 0 Å². The molecule has 0 fully saturated rings. The summed E-state index contributed by atoms with van der Waals surface area (Å²) in [6, 6.07) is 3.00. The van der Waals surface area contributed by atoms with E-state index in [0.29, 0.717) is 23.6 Å². The number of rotatable bonds is 5. The maximum absolute atomic E-state index is 9.97. The number of aliphatic hydroxyl groups is 2. The molecule has 0 saturated carbocycles. The van der Waals surface area contributed by atoms with Crippen molar-refractivity contribution in [3.05, 3.63) is 27.7 Å². The second-order valence-electron chi connectivity index (χ2n) is 3.79. The summed E-state index contributed by atoms with van der Waals surface area (Å²) in [6.45, 7) is 0.590. The molecule has 0 heterocycles. The molecule has 4 nitrogen and oxygen atoms in total. The summed E-state index contributed by atoms with van der Waals surface area (Å²) in [5, 5.41) is 23.3. The average Bonchev–Trinajstić information content (AvgIpc) is 2.29. The lowest BCUT2D eigenvalue weighted by atomic mass is 10.0. The monoisotopic (exact) mass is 278 g/mol. The highest BCUT2D eigenvalue weighted by atomic mass is 35.5. The van der Waals surface area contributed by atoms with Crippen LogP contribution in [0.1, 0.15) is 18.1 Å². The van der Waals surface area contributed by atoms with Gasteiger partial charge < -0.3 is 21.3 Å². The number of anilines is 1. The van der Waals surface area contributed by atoms with Crippen molar-refractivity contribution >= 4 is 28.9 Å². The lowest BCUT2D eigenvalue weighted by Crippen LogP contribution is -2.24. The Labute approximate surface area is 110 Å². The maximum Gasteiger partial charge on any atom is 0.107 e. The predicted octanol–water partition coefficient (Wildman–Crippen LogP) is 1.58. The van der Waals surface area contributed by atoms with Gasteiger partial charge in [0.15, 0.2) is 0 Å². The van der Waals surface area contributed by atoms with Gasteiger partial charge in [-0.3, -0.25) is 0 Å². The molecular formula is C11H16Cl2N2O2. The first-order chi connectivity index (χ1) is 7.97. The van der Waals surface area contributed by atoms with Crippen LogP contribution in [0.2, 0.25) is 10.0 Å². The number of hydrogen-bond acceptors (Lipinski definition) is 4. The summed E-state index contributed by atoms with van der Waals surface area (Å²) in [5.41, 5.74) is 6.34. The Kier molecular flexibility index (Phi) is 5.49. The second-order valence-corrected chi connectivity index (χ2v) is 4.64. The van der Waals surface area contributed by atoms with E-state index < -0.39 is 12.2 Å². The molecule has 2 unspecified atom stereocenters. The van der Waals surface area contributed by atoms with E-state index in [1.54, 1.807) is 7.05 Å². The molecule has 0 aliphatic heterocycles. The van der Waals surface area contributed by atoms with Crippen molar-refractivity contribution in [2.24, 2.45) is 0 Å². The quantitative estimate of drug-likeness (QED) is 0.617. The lowest BCUT2D eigenvalue weighted by molar-refractivity contribution is 0.0145. The van der Waals surface area contributed by atoms with E-state index in [9.17, 15) is 10.2 Å². The fourth-order valence-electron chi connectivity index (χ4n) is 1.51. The average molecular weight is 279 g/mol. The number of nitrogen functional groups attached to an aromatic ring is 1. The van der Waals surface area contributed by atoms with Crippen LogP contribution in [0.25, 0.3) is 0 Å². The van der Waals surface area contributed by atoms with E-state index in [1.165, 1.54) is 12.1 Å². The molecule has 17 heavy (non-hydrogen) atoms. The van der Waals surface area contributed by atoms with Crippen molar-refractivity contribution in [1.29, 1.82) is 0 Å². The van der Waals surface area contributed by atoms with Crippen LogP contribution >= 0.6 is 23.2 Å². The van der Waals surface area contributed by atoms with E-state index in [4.69, 9.17) is 28.9 Å². The molecule has 6 heteroatoms. The molecule has 0 spiro atoms. The third-order valence-corrected chi connectivity index (χ3v) is 3.03.